The molecular formula is C12H16ClNO. The van der Waals surface area contributed by atoms with Crippen molar-refractivity contribution in [3.8, 4) is 0 Å². The molecule has 1 atom stereocenters. The topological polar surface area (TPSA) is 22.1 Å². The maximum absolute atomic E-state index is 5.82. The maximum atomic E-state index is 5.82. The van der Waals surface area contributed by atoms with E-state index >= 15 is 0 Å². The summed E-state index contributed by atoms with van der Waals surface area (Å²) in [6.45, 7) is 4.03. The van der Waals surface area contributed by atoms with Crippen LogP contribution in [-0.2, 0) is 4.74 Å². The minimum atomic E-state index is 0.506. The first kappa shape index (κ1) is 10.9. The molecule has 1 aliphatic heterocycles. The first-order valence-electron chi connectivity index (χ1n) is 5.46. The second-order valence-electron chi connectivity index (χ2n) is 4.14. The quantitative estimate of drug-likeness (QED) is 0.771. The van der Waals surface area contributed by atoms with E-state index in [0.29, 0.717) is 16.9 Å². The molecule has 1 fully saturated rings. The van der Waals surface area contributed by atoms with E-state index in [4.69, 9.17) is 16.3 Å². The van der Waals surface area contributed by atoms with Gasteiger partial charge in [0.15, 0.2) is 0 Å². The number of halogens is 1. The fourth-order valence-electron chi connectivity index (χ4n) is 2.11. The second kappa shape index (κ2) is 4.95. The van der Waals surface area contributed by atoms with Crippen molar-refractivity contribution in [2.24, 2.45) is 5.92 Å². The molecule has 1 aromatic rings. The van der Waals surface area contributed by atoms with E-state index < -0.39 is 0 Å². The average Bonchev–Trinajstić information content (AvgIpc) is 2.30. The lowest BCUT2D eigenvalue weighted by atomic mass is 9.85. The van der Waals surface area contributed by atoms with Crippen LogP contribution in [0.4, 0.5) is 0 Å². The third-order valence-electron chi connectivity index (χ3n) is 3.19. The van der Waals surface area contributed by atoms with Gasteiger partial charge in [0.2, 0.25) is 0 Å². The zero-order valence-electron chi connectivity index (χ0n) is 8.95. The summed E-state index contributed by atoms with van der Waals surface area (Å²) in [4.78, 5) is 4.38. The summed E-state index contributed by atoms with van der Waals surface area (Å²) in [6, 6.07) is 3.95. The molecular weight excluding hydrogens is 210 g/mol. The van der Waals surface area contributed by atoms with Crippen molar-refractivity contribution >= 4 is 11.6 Å². The highest BCUT2D eigenvalue weighted by molar-refractivity contribution is 6.30. The van der Waals surface area contributed by atoms with Gasteiger partial charge in [-0.15, -0.1) is 0 Å². The van der Waals surface area contributed by atoms with Crippen LogP contribution in [0.15, 0.2) is 18.3 Å². The second-order valence-corrected chi connectivity index (χ2v) is 4.58. The van der Waals surface area contributed by atoms with Gasteiger partial charge in [0.25, 0.3) is 0 Å². The number of nitrogens with zero attached hydrogens (tertiary/aromatic N) is 1. The molecule has 0 bridgehead atoms. The summed E-state index contributed by atoms with van der Waals surface area (Å²) in [5.41, 5.74) is 1.14. The molecule has 1 aromatic heterocycles. The number of aromatic nitrogens is 1. The van der Waals surface area contributed by atoms with Crippen molar-refractivity contribution in [1.82, 2.24) is 4.98 Å². The van der Waals surface area contributed by atoms with Gasteiger partial charge in [0.05, 0.1) is 5.02 Å². The smallest absolute Gasteiger partial charge is 0.0589 e. The lowest BCUT2D eigenvalue weighted by Gasteiger charge is -2.27. The molecule has 1 unspecified atom stereocenters. The lowest BCUT2D eigenvalue weighted by Crippen LogP contribution is -2.21. The van der Waals surface area contributed by atoms with Gasteiger partial charge >= 0.3 is 0 Å². The van der Waals surface area contributed by atoms with Crippen LogP contribution >= 0.6 is 11.6 Å². The summed E-state index contributed by atoms with van der Waals surface area (Å²) in [7, 11) is 0. The Bertz CT molecular complexity index is 306. The molecule has 82 valence electrons. The summed E-state index contributed by atoms with van der Waals surface area (Å²) >= 11 is 5.82. The number of hydrogen-bond donors (Lipinski definition) is 0. The van der Waals surface area contributed by atoms with Gasteiger partial charge in [-0.25, -0.2) is 0 Å². The number of pyridine rings is 1. The van der Waals surface area contributed by atoms with Gasteiger partial charge in [0, 0.05) is 31.0 Å². The molecule has 2 rings (SSSR count). The predicted molar refractivity (Wildman–Crippen MR) is 61.2 cm³/mol. The number of ether oxygens (including phenoxy) is 1. The number of rotatable bonds is 2. The third kappa shape index (κ3) is 2.70. The van der Waals surface area contributed by atoms with E-state index in [1.54, 1.807) is 6.20 Å². The highest BCUT2D eigenvalue weighted by Gasteiger charge is 2.22. The largest absolute Gasteiger partial charge is 0.381 e. The molecule has 1 aliphatic rings. The van der Waals surface area contributed by atoms with Crippen LogP contribution in [0.25, 0.3) is 0 Å². The fraction of sp³-hybridized carbons (Fsp3) is 0.583. The summed E-state index contributed by atoms with van der Waals surface area (Å²) in [6.07, 6.45) is 4.02. The van der Waals surface area contributed by atoms with Crippen LogP contribution in [0.5, 0.6) is 0 Å². The fourth-order valence-corrected chi connectivity index (χ4v) is 2.23. The van der Waals surface area contributed by atoms with Gasteiger partial charge in [-0.05, 0) is 30.9 Å². The average molecular weight is 226 g/mol. The molecule has 0 saturated carbocycles. The van der Waals surface area contributed by atoms with E-state index in [1.807, 2.05) is 12.1 Å². The van der Waals surface area contributed by atoms with Gasteiger partial charge in [0.1, 0.15) is 0 Å². The Morgan fingerprint density at radius 1 is 1.40 bits per heavy atom. The molecule has 0 aromatic carbocycles. The van der Waals surface area contributed by atoms with Crippen molar-refractivity contribution in [2.75, 3.05) is 13.2 Å². The minimum Gasteiger partial charge on any atom is -0.381 e. The van der Waals surface area contributed by atoms with E-state index in [9.17, 15) is 0 Å². The van der Waals surface area contributed by atoms with Crippen LogP contribution in [0.1, 0.15) is 31.4 Å². The molecule has 0 amide bonds. The Morgan fingerprint density at radius 3 is 2.73 bits per heavy atom. The van der Waals surface area contributed by atoms with Crippen LogP contribution in [-0.4, -0.2) is 18.2 Å². The standard InChI is InChI=1S/C12H16ClNO/c1-9(10-4-6-15-7-5-10)12-3-2-11(13)8-14-12/h2-3,8-10H,4-7H2,1H3. The van der Waals surface area contributed by atoms with E-state index in [-0.39, 0.29) is 0 Å². The van der Waals surface area contributed by atoms with Gasteiger partial charge < -0.3 is 4.74 Å². The molecule has 1 saturated heterocycles. The van der Waals surface area contributed by atoms with Crippen molar-refractivity contribution in [2.45, 2.75) is 25.7 Å². The first-order valence-corrected chi connectivity index (χ1v) is 5.84. The Kier molecular flexibility index (Phi) is 3.60. The SMILES string of the molecule is CC(c1ccc(Cl)cn1)C1CCOCC1. The van der Waals surface area contributed by atoms with Crippen molar-refractivity contribution < 1.29 is 4.74 Å². The molecule has 2 heterocycles. The van der Waals surface area contributed by atoms with Gasteiger partial charge in [-0.3, -0.25) is 4.98 Å². The minimum absolute atomic E-state index is 0.506. The summed E-state index contributed by atoms with van der Waals surface area (Å²) in [5, 5.41) is 0.706. The zero-order valence-corrected chi connectivity index (χ0v) is 9.70. The monoisotopic (exact) mass is 225 g/mol. The van der Waals surface area contributed by atoms with Crippen molar-refractivity contribution in [1.29, 1.82) is 0 Å². The maximum Gasteiger partial charge on any atom is 0.0589 e. The zero-order chi connectivity index (χ0) is 10.7. The van der Waals surface area contributed by atoms with Crippen LogP contribution in [0.3, 0.4) is 0 Å². The lowest BCUT2D eigenvalue weighted by molar-refractivity contribution is 0.0592. The van der Waals surface area contributed by atoms with E-state index in [0.717, 1.165) is 31.7 Å². The molecule has 0 spiro atoms. The van der Waals surface area contributed by atoms with Crippen LogP contribution in [0, 0.1) is 5.92 Å². The highest BCUT2D eigenvalue weighted by Crippen LogP contribution is 2.30. The molecule has 0 radical (unpaired) electrons. The summed E-state index contributed by atoms with van der Waals surface area (Å²) in [5.74, 6) is 1.21. The van der Waals surface area contributed by atoms with Crippen LogP contribution < -0.4 is 0 Å². The van der Waals surface area contributed by atoms with Crippen LogP contribution in [0.2, 0.25) is 5.02 Å². The van der Waals surface area contributed by atoms with E-state index in [2.05, 4.69) is 11.9 Å². The van der Waals surface area contributed by atoms with Gasteiger partial charge in [-0.2, -0.15) is 0 Å². The Hall–Kier alpha value is -0.600. The third-order valence-corrected chi connectivity index (χ3v) is 3.41. The van der Waals surface area contributed by atoms with E-state index in [1.165, 1.54) is 0 Å². The first-order chi connectivity index (χ1) is 7.27. The Labute approximate surface area is 95.6 Å². The van der Waals surface area contributed by atoms with Crippen molar-refractivity contribution in [3.05, 3.63) is 29.0 Å². The highest BCUT2D eigenvalue weighted by atomic mass is 35.5. The molecule has 0 aliphatic carbocycles. The Balaban J connectivity index is 2.05. The van der Waals surface area contributed by atoms with Gasteiger partial charge in [-0.1, -0.05) is 18.5 Å². The number of hydrogen-bond acceptors (Lipinski definition) is 2. The molecule has 2 nitrogen and oxygen atoms in total. The normalized spacial score (nSPS) is 20.1. The predicted octanol–water partition coefficient (Wildman–Crippen LogP) is 3.27. The molecule has 15 heavy (non-hydrogen) atoms. The Morgan fingerprint density at radius 2 is 2.13 bits per heavy atom. The molecule has 0 N–H and O–H groups in total. The summed E-state index contributed by atoms with van der Waals surface area (Å²) < 4.78 is 5.36. The van der Waals surface area contributed by atoms with Crippen molar-refractivity contribution in [3.63, 3.8) is 0 Å². The molecule has 3 heteroatoms.